The fourth-order valence-corrected chi connectivity index (χ4v) is 3.36. The topological polar surface area (TPSA) is 81.9 Å². The van der Waals surface area contributed by atoms with E-state index in [2.05, 4.69) is 0 Å². The van der Waals surface area contributed by atoms with E-state index in [1.54, 1.807) is 23.1 Å². The van der Waals surface area contributed by atoms with E-state index in [0.717, 1.165) is 12.8 Å². The van der Waals surface area contributed by atoms with Gasteiger partial charge in [0, 0.05) is 36.6 Å². The van der Waals surface area contributed by atoms with Gasteiger partial charge in [-0.2, -0.15) is 0 Å². The monoisotopic (exact) mass is 368 g/mol. The molecule has 1 saturated heterocycles. The Balaban J connectivity index is 2.07. The largest absolute Gasteiger partial charge is 0.493 e. The summed E-state index contributed by atoms with van der Waals surface area (Å²) in [5.74, 6) is 0.168. The number of nitrogens with zero attached hydrogens (tertiary/aromatic N) is 1. The van der Waals surface area contributed by atoms with E-state index in [1.807, 2.05) is 13.0 Å². The first kappa shape index (κ1) is 19.5. The quantitative estimate of drug-likeness (QED) is 0.762. The van der Waals surface area contributed by atoms with Gasteiger partial charge in [0.1, 0.15) is 12.4 Å². The molecule has 1 atom stereocenters. The van der Waals surface area contributed by atoms with E-state index in [-0.39, 0.29) is 18.9 Å². The Bertz CT molecular complexity index is 610. The minimum absolute atomic E-state index is 0.0539. The van der Waals surface area contributed by atoms with Crippen LogP contribution in [0.4, 0.5) is 0 Å². The van der Waals surface area contributed by atoms with Crippen molar-refractivity contribution in [3.8, 4) is 5.75 Å². The highest BCUT2D eigenvalue weighted by molar-refractivity contribution is 6.30. The molecule has 2 N–H and O–H groups in total. The van der Waals surface area contributed by atoms with E-state index in [9.17, 15) is 9.59 Å². The number of amides is 2. The molecular weight excluding hydrogens is 344 g/mol. The third kappa shape index (κ3) is 5.90. The summed E-state index contributed by atoms with van der Waals surface area (Å²) in [7, 11) is 0. The van der Waals surface area contributed by atoms with Crippen LogP contribution in [0.25, 0.3) is 0 Å². The fraction of sp³-hybridized carbons (Fsp3) is 0.556. The molecule has 1 aromatic rings. The summed E-state index contributed by atoms with van der Waals surface area (Å²) in [5.41, 5.74) is 4.97. The second kappa shape index (κ2) is 9.06. The number of piperidine rings is 1. The molecule has 7 heteroatoms. The Kier molecular flexibility index (Phi) is 7.08. The molecule has 0 bridgehead atoms. The lowest BCUT2D eigenvalue weighted by Gasteiger charge is -2.42. The molecule has 0 radical (unpaired) electrons. The first-order valence-electron chi connectivity index (χ1n) is 8.46. The van der Waals surface area contributed by atoms with Gasteiger partial charge in [-0.1, -0.05) is 17.7 Å². The highest BCUT2D eigenvalue weighted by Crippen LogP contribution is 2.34. The van der Waals surface area contributed by atoms with Gasteiger partial charge in [0.15, 0.2) is 0 Å². The van der Waals surface area contributed by atoms with Crippen molar-refractivity contribution < 1.29 is 19.1 Å². The Labute approximate surface area is 153 Å². The molecule has 138 valence electrons. The Morgan fingerprint density at radius 1 is 1.40 bits per heavy atom. The van der Waals surface area contributed by atoms with E-state index in [4.69, 9.17) is 26.8 Å². The average Bonchev–Trinajstić information content (AvgIpc) is 2.57. The van der Waals surface area contributed by atoms with E-state index in [0.29, 0.717) is 37.1 Å². The van der Waals surface area contributed by atoms with Crippen LogP contribution < -0.4 is 10.5 Å². The summed E-state index contributed by atoms with van der Waals surface area (Å²) in [6.45, 7) is 3.78. The van der Waals surface area contributed by atoms with Crippen molar-refractivity contribution in [3.63, 3.8) is 0 Å². The molecule has 6 nitrogen and oxygen atoms in total. The van der Waals surface area contributed by atoms with Crippen LogP contribution in [-0.2, 0) is 14.3 Å². The molecule has 0 aromatic heterocycles. The summed E-state index contributed by atoms with van der Waals surface area (Å²) in [4.78, 5) is 25.6. The average molecular weight is 369 g/mol. The summed E-state index contributed by atoms with van der Waals surface area (Å²) >= 11 is 5.98. The normalized spacial score (nSPS) is 20.3. The number of carbonyl (C=O) groups excluding carboxylic acids is 2. The Morgan fingerprint density at radius 3 is 2.88 bits per heavy atom. The number of benzene rings is 1. The number of ether oxygens (including phenoxy) is 2. The van der Waals surface area contributed by atoms with E-state index in [1.165, 1.54) is 0 Å². The van der Waals surface area contributed by atoms with Crippen LogP contribution >= 0.6 is 11.6 Å². The van der Waals surface area contributed by atoms with Crippen molar-refractivity contribution in [3.05, 3.63) is 29.3 Å². The van der Waals surface area contributed by atoms with Crippen LogP contribution in [0.15, 0.2) is 24.3 Å². The molecular formula is C18H25ClN2O4. The molecule has 1 heterocycles. The van der Waals surface area contributed by atoms with Gasteiger partial charge in [0.05, 0.1) is 6.61 Å². The fourth-order valence-electron chi connectivity index (χ4n) is 3.18. The molecule has 2 rings (SSSR count). The zero-order valence-electron chi connectivity index (χ0n) is 14.5. The van der Waals surface area contributed by atoms with Crippen molar-refractivity contribution in [1.29, 1.82) is 0 Å². The van der Waals surface area contributed by atoms with Crippen molar-refractivity contribution in [2.24, 2.45) is 11.1 Å². The Hall–Kier alpha value is -1.79. The van der Waals surface area contributed by atoms with Crippen molar-refractivity contribution in [2.45, 2.75) is 26.2 Å². The van der Waals surface area contributed by atoms with Crippen LogP contribution in [0, 0.1) is 5.41 Å². The maximum absolute atomic E-state index is 12.3. The summed E-state index contributed by atoms with van der Waals surface area (Å²) in [5, 5.41) is 0.582. The lowest BCUT2D eigenvalue weighted by molar-refractivity contribution is -0.141. The number of likely N-dealkylation sites (tertiary alicyclic amines) is 1. The predicted octanol–water partition coefficient (Wildman–Crippen LogP) is 2.24. The zero-order chi connectivity index (χ0) is 18.3. The third-order valence-electron chi connectivity index (χ3n) is 4.33. The van der Waals surface area contributed by atoms with E-state index >= 15 is 0 Å². The second-order valence-electron chi connectivity index (χ2n) is 6.45. The van der Waals surface area contributed by atoms with Crippen molar-refractivity contribution in [2.75, 3.05) is 32.9 Å². The number of carbonyl (C=O) groups is 2. The summed E-state index contributed by atoms with van der Waals surface area (Å²) in [6, 6.07) is 7.10. The van der Waals surface area contributed by atoms with Gasteiger partial charge in [-0.05, 0) is 38.0 Å². The number of primary amides is 1. The third-order valence-corrected chi connectivity index (χ3v) is 4.57. The van der Waals surface area contributed by atoms with Crippen molar-refractivity contribution >= 4 is 23.4 Å². The molecule has 0 aliphatic carbocycles. The smallest absolute Gasteiger partial charge is 0.248 e. The molecule has 1 fully saturated rings. The number of hydrogen-bond donors (Lipinski definition) is 1. The molecule has 25 heavy (non-hydrogen) atoms. The van der Waals surface area contributed by atoms with Gasteiger partial charge in [0.25, 0.3) is 0 Å². The molecule has 1 unspecified atom stereocenters. The van der Waals surface area contributed by atoms with E-state index < -0.39 is 11.3 Å². The van der Waals surface area contributed by atoms with Crippen LogP contribution in [-0.4, -0.2) is 49.6 Å². The first-order chi connectivity index (χ1) is 11.9. The molecule has 2 amide bonds. The van der Waals surface area contributed by atoms with Crippen molar-refractivity contribution in [1.82, 2.24) is 4.90 Å². The highest BCUT2D eigenvalue weighted by Gasteiger charge is 2.39. The molecule has 0 spiro atoms. The van der Waals surface area contributed by atoms with Gasteiger partial charge in [-0.15, -0.1) is 0 Å². The van der Waals surface area contributed by atoms with Crippen LogP contribution in [0.3, 0.4) is 0 Å². The maximum Gasteiger partial charge on any atom is 0.248 e. The number of halogens is 1. The number of rotatable bonds is 8. The molecule has 0 saturated carbocycles. The highest BCUT2D eigenvalue weighted by atomic mass is 35.5. The van der Waals surface area contributed by atoms with Gasteiger partial charge < -0.3 is 20.1 Å². The van der Waals surface area contributed by atoms with Crippen LogP contribution in [0.1, 0.15) is 26.2 Å². The standard InChI is InChI=1S/C18H25ClN2O4/c1-2-24-11-17(23)21-8-4-7-18(12-21,10-16(20)22)13-25-15-6-3-5-14(19)9-15/h3,5-6,9H,2,4,7-8,10-13H2,1H3,(H2,20,22). The predicted molar refractivity (Wildman–Crippen MR) is 95.5 cm³/mol. The van der Waals surface area contributed by atoms with Gasteiger partial charge in [-0.3, -0.25) is 9.59 Å². The van der Waals surface area contributed by atoms with Crippen LogP contribution in [0.5, 0.6) is 5.75 Å². The maximum atomic E-state index is 12.3. The molecule has 1 aliphatic rings. The second-order valence-corrected chi connectivity index (χ2v) is 6.88. The number of hydrogen-bond acceptors (Lipinski definition) is 4. The lowest BCUT2D eigenvalue weighted by atomic mass is 9.77. The van der Waals surface area contributed by atoms with Gasteiger partial charge in [0.2, 0.25) is 11.8 Å². The Morgan fingerprint density at radius 2 is 2.20 bits per heavy atom. The first-order valence-corrected chi connectivity index (χ1v) is 8.84. The SMILES string of the molecule is CCOCC(=O)N1CCCC(COc2cccc(Cl)c2)(CC(N)=O)C1. The number of nitrogens with two attached hydrogens (primary N) is 1. The summed E-state index contributed by atoms with van der Waals surface area (Å²) < 4.78 is 11.1. The van der Waals surface area contributed by atoms with Crippen LogP contribution in [0.2, 0.25) is 5.02 Å². The minimum atomic E-state index is -0.492. The lowest BCUT2D eigenvalue weighted by Crippen LogP contribution is -2.51. The zero-order valence-corrected chi connectivity index (χ0v) is 15.3. The molecule has 1 aliphatic heterocycles. The minimum Gasteiger partial charge on any atom is -0.493 e. The summed E-state index contributed by atoms with van der Waals surface area (Å²) in [6.07, 6.45) is 1.74. The van der Waals surface area contributed by atoms with Gasteiger partial charge in [-0.25, -0.2) is 0 Å². The van der Waals surface area contributed by atoms with Gasteiger partial charge >= 0.3 is 0 Å². The molecule has 1 aromatic carbocycles.